The van der Waals surface area contributed by atoms with E-state index in [1.165, 1.54) is 5.56 Å². The average Bonchev–Trinajstić information content (AvgIpc) is 2.47. The number of halogens is 1. The number of benzene rings is 1. The molecule has 0 saturated heterocycles. The van der Waals surface area contributed by atoms with Gasteiger partial charge in [-0.1, -0.05) is 18.2 Å². The first-order chi connectivity index (χ1) is 6.74. The van der Waals surface area contributed by atoms with Gasteiger partial charge in [0.25, 0.3) is 0 Å². The van der Waals surface area contributed by atoms with Crippen molar-refractivity contribution in [3.8, 4) is 0 Å². The maximum absolute atomic E-state index is 4.46. The van der Waals surface area contributed by atoms with Crippen molar-refractivity contribution in [3.05, 3.63) is 41.2 Å². The van der Waals surface area contributed by atoms with Gasteiger partial charge in [-0.05, 0) is 34.5 Å². The molecule has 0 radical (unpaired) electrons. The summed E-state index contributed by atoms with van der Waals surface area (Å²) in [5.74, 6) is 0. The molecule has 0 aliphatic carbocycles. The molecule has 0 atom stereocenters. The molecule has 2 nitrogen and oxygen atoms in total. The standard InChI is InChI=1S/C11H11BrN2/c1-3-7-14-9-6-4-5-8(2)10(9)13-11(14)12/h3-6H,1,7H2,2H3. The van der Waals surface area contributed by atoms with Gasteiger partial charge in [-0.3, -0.25) is 0 Å². The number of para-hydroxylation sites is 1. The number of hydrogen-bond donors (Lipinski definition) is 0. The largest absolute Gasteiger partial charge is 0.315 e. The van der Waals surface area contributed by atoms with Gasteiger partial charge < -0.3 is 4.57 Å². The number of allylic oxidation sites excluding steroid dienone is 1. The molecule has 14 heavy (non-hydrogen) atoms. The van der Waals surface area contributed by atoms with Crippen molar-refractivity contribution in [2.75, 3.05) is 0 Å². The Labute approximate surface area is 91.4 Å². The van der Waals surface area contributed by atoms with Gasteiger partial charge in [0.2, 0.25) is 0 Å². The zero-order chi connectivity index (χ0) is 10.1. The summed E-state index contributed by atoms with van der Waals surface area (Å²) in [4.78, 5) is 4.46. The predicted octanol–water partition coefficient (Wildman–Crippen LogP) is 3.29. The van der Waals surface area contributed by atoms with E-state index in [0.29, 0.717) is 0 Å². The number of imidazole rings is 1. The fourth-order valence-electron chi connectivity index (χ4n) is 1.56. The maximum atomic E-state index is 4.46. The van der Waals surface area contributed by atoms with E-state index in [2.05, 4.69) is 51.1 Å². The highest BCUT2D eigenvalue weighted by atomic mass is 79.9. The zero-order valence-corrected chi connectivity index (χ0v) is 9.58. The van der Waals surface area contributed by atoms with Crippen LogP contribution in [-0.2, 0) is 6.54 Å². The van der Waals surface area contributed by atoms with Gasteiger partial charge in [0.05, 0.1) is 11.0 Å². The Balaban J connectivity index is 2.76. The third kappa shape index (κ3) is 1.38. The Morgan fingerprint density at radius 1 is 1.57 bits per heavy atom. The van der Waals surface area contributed by atoms with E-state index in [0.717, 1.165) is 22.3 Å². The van der Waals surface area contributed by atoms with Crippen molar-refractivity contribution in [3.63, 3.8) is 0 Å². The third-order valence-corrected chi connectivity index (χ3v) is 2.85. The molecule has 0 bridgehead atoms. The molecule has 1 heterocycles. The van der Waals surface area contributed by atoms with Gasteiger partial charge >= 0.3 is 0 Å². The molecule has 0 unspecified atom stereocenters. The van der Waals surface area contributed by atoms with E-state index in [-0.39, 0.29) is 0 Å². The highest BCUT2D eigenvalue weighted by Crippen LogP contribution is 2.22. The lowest BCUT2D eigenvalue weighted by atomic mass is 10.2. The number of rotatable bonds is 2. The number of fused-ring (bicyclic) bond motifs is 1. The molecule has 0 fully saturated rings. The molecule has 1 aromatic carbocycles. The first-order valence-electron chi connectivity index (χ1n) is 4.46. The van der Waals surface area contributed by atoms with Crippen molar-refractivity contribution in [2.45, 2.75) is 13.5 Å². The van der Waals surface area contributed by atoms with Gasteiger partial charge in [0, 0.05) is 6.54 Å². The van der Waals surface area contributed by atoms with Crippen LogP contribution in [0.2, 0.25) is 0 Å². The highest BCUT2D eigenvalue weighted by Gasteiger charge is 2.07. The Morgan fingerprint density at radius 2 is 2.36 bits per heavy atom. The van der Waals surface area contributed by atoms with E-state index in [1.54, 1.807) is 0 Å². The fourth-order valence-corrected chi connectivity index (χ4v) is 2.07. The molecule has 72 valence electrons. The first-order valence-corrected chi connectivity index (χ1v) is 5.25. The molecule has 0 N–H and O–H groups in total. The van der Waals surface area contributed by atoms with Gasteiger partial charge in [-0.25, -0.2) is 4.98 Å². The van der Waals surface area contributed by atoms with E-state index in [1.807, 2.05) is 12.1 Å². The summed E-state index contributed by atoms with van der Waals surface area (Å²) >= 11 is 3.45. The summed E-state index contributed by atoms with van der Waals surface area (Å²) < 4.78 is 2.96. The summed E-state index contributed by atoms with van der Waals surface area (Å²) in [6.07, 6.45) is 1.87. The molecule has 0 spiro atoms. The van der Waals surface area contributed by atoms with E-state index < -0.39 is 0 Å². The molecule has 0 aliphatic heterocycles. The predicted molar refractivity (Wildman–Crippen MR) is 62.4 cm³/mol. The topological polar surface area (TPSA) is 17.8 Å². The summed E-state index contributed by atoms with van der Waals surface area (Å²) in [6.45, 7) is 6.58. The smallest absolute Gasteiger partial charge is 0.178 e. The molecular weight excluding hydrogens is 240 g/mol. The zero-order valence-electron chi connectivity index (χ0n) is 8.00. The van der Waals surface area contributed by atoms with Crippen molar-refractivity contribution in [1.29, 1.82) is 0 Å². The van der Waals surface area contributed by atoms with E-state index in [9.17, 15) is 0 Å². The summed E-state index contributed by atoms with van der Waals surface area (Å²) in [7, 11) is 0. The molecule has 2 aromatic rings. The molecular formula is C11H11BrN2. The van der Waals surface area contributed by atoms with Crippen LogP contribution in [0.15, 0.2) is 35.6 Å². The van der Waals surface area contributed by atoms with Crippen LogP contribution in [0, 0.1) is 6.92 Å². The number of nitrogens with zero attached hydrogens (tertiary/aromatic N) is 2. The number of hydrogen-bond acceptors (Lipinski definition) is 1. The minimum Gasteiger partial charge on any atom is -0.315 e. The summed E-state index contributed by atoms with van der Waals surface area (Å²) in [5.41, 5.74) is 3.41. The average molecular weight is 251 g/mol. The van der Waals surface area contributed by atoms with Gasteiger partial charge in [-0.2, -0.15) is 0 Å². The Hall–Kier alpha value is -1.09. The lowest BCUT2D eigenvalue weighted by molar-refractivity contribution is 0.824. The van der Waals surface area contributed by atoms with Gasteiger partial charge in [0.1, 0.15) is 0 Å². The van der Waals surface area contributed by atoms with Crippen molar-refractivity contribution in [1.82, 2.24) is 9.55 Å². The van der Waals surface area contributed by atoms with Crippen LogP contribution in [0.4, 0.5) is 0 Å². The van der Waals surface area contributed by atoms with Crippen LogP contribution in [0.3, 0.4) is 0 Å². The Bertz CT molecular complexity index is 485. The van der Waals surface area contributed by atoms with Crippen LogP contribution >= 0.6 is 15.9 Å². The monoisotopic (exact) mass is 250 g/mol. The van der Waals surface area contributed by atoms with Crippen LogP contribution in [-0.4, -0.2) is 9.55 Å². The summed E-state index contributed by atoms with van der Waals surface area (Å²) in [6, 6.07) is 6.19. The third-order valence-electron chi connectivity index (χ3n) is 2.25. The van der Waals surface area contributed by atoms with Crippen molar-refractivity contribution >= 4 is 27.0 Å². The molecule has 2 rings (SSSR count). The van der Waals surface area contributed by atoms with Crippen LogP contribution < -0.4 is 0 Å². The second-order valence-electron chi connectivity index (χ2n) is 3.22. The van der Waals surface area contributed by atoms with E-state index >= 15 is 0 Å². The SMILES string of the molecule is C=CCn1c(Br)nc2c(C)cccc21. The van der Waals surface area contributed by atoms with E-state index in [4.69, 9.17) is 0 Å². The molecule has 3 heteroatoms. The first kappa shape index (κ1) is 9.46. The normalized spacial score (nSPS) is 10.7. The van der Waals surface area contributed by atoms with Gasteiger partial charge in [-0.15, -0.1) is 6.58 Å². The van der Waals surface area contributed by atoms with Crippen LogP contribution in [0.25, 0.3) is 11.0 Å². The molecule has 0 saturated carbocycles. The molecule has 0 amide bonds. The molecule has 1 aromatic heterocycles. The quantitative estimate of drug-likeness (QED) is 0.749. The Morgan fingerprint density at radius 3 is 3.07 bits per heavy atom. The summed E-state index contributed by atoms with van der Waals surface area (Å²) in [5, 5.41) is 0. The van der Waals surface area contributed by atoms with Crippen molar-refractivity contribution in [2.24, 2.45) is 0 Å². The highest BCUT2D eigenvalue weighted by molar-refractivity contribution is 9.10. The lowest BCUT2D eigenvalue weighted by Gasteiger charge is -2.01. The fraction of sp³-hybridized carbons (Fsp3) is 0.182. The number of aromatic nitrogens is 2. The van der Waals surface area contributed by atoms with Gasteiger partial charge in [0.15, 0.2) is 4.73 Å². The Kier molecular flexibility index (Phi) is 2.42. The minimum atomic E-state index is 0.778. The maximum Gasteiger partial charge on any atom is 0.178 e. The number of aryl methyl sites for hydroxylation is 1. The van der Waals surface area contributed by atoms with Crippen molar-refractivity contribution < 1.29 is 0 Å². The lowest BCUT2D eigenvalue weighted by Crippen LogP contribution is -1.94. The second kappa shape index (κ2) is 3.58. The van der Waals surface area contributed by atoms with Crippen LogP contribution in [0.1, 0.15) is 5.56 Å². The molecule has 0 aliphatic rings. The minimum absolute atomic E-state index is 0.778. The van der Waals surface area contributed by atoms with Crippen LogP contribution in [0.5, 0.6) is 0 Å². The second-order valence-corrected chi connectivity index (χ2v) is 3.93.